The molecule has 7 nitrogen and oxygen atoms in total. The van der Waals surface area contributed by atoms with E-state index < -0.39 is 17.7 Å². The highest BCUT2D eigenvalue weighted by Gasteiger charge is 2.23. The van der Waals surface area contributed by atoms with Crippen LogP contribution in [0.15, 0.2) is 35.2 Å². The van der Waals surface area contributed by atoms with Crippen molar-refractivity contribution in [2.24, 2.45) is 0 Å². The Morgan fingerprint density at radius 2 is 1.79 bits per heavy atom. The van der Waals surface area contributed by atoms with Gasteiger partial charge < -0.3 is 15.5 Å². The van der Waals surface area contributed by atoms with Crippen LogP contribution in [0.5, 0.6) is 0 Å². The van der Waals surface area contributed by atoms with Crippen molar-refractivity contribution < 1.29 is 27.3 Å². The summed E-state index contributed by atoms with van der Waals surface area (Å²) in [6.07, 6.45) is 0. The van der Waals surface area contributed by atoms with E-state index in [1.165, 1.54) is 18.2 Å². The SMILES string of the molecule is Nc1cc2c(S(=O)(=O)O)cccc2cc1P(=O)(O)O. The highest BCUT2D eigenvalue weighted by Crippen LogP contribution is 2.38. The minimum absolute atomic E-state index is 0.0969. The topological polar surface area (TPSA) is 138 Å². The standard InChI is InChI=1S/C10H10NO6PS/c11-8-5-7-6(4-9(8)18(12,13)14)2-1-3-10(7)19(15,16)17/h1-5H,11H2,(H2,12,13,14)(H,15,16,17). The molecule has 0 aliphatic carbocycles. The van der Waals surface area contributed by atoms with E-state index >= 15 is 0 Å². The predicted molar refractivity (Wildman–Crippen MR) is 69.9 cm³/mol. The van der Waals surface area contributed by atoms with Crippen LogP contribution in [0.25, 0.3) is 10.8 Å². The molecule has 0 fully saturated rings. The van der Waals surface area contributed by atoms with E-state index in [1.54, 1.807) is 0 Å². The summed E-state index contributed by atoms with van der Waals surface area (Å²) in [5.41, 5.74) is 5.28. The molecule has 0 aliphatic rings. The molecule has 0 bridgehead atoms. The lowest BCUT2D eigenvalue weighted by molar-refractivity contribution is 0.387. The number of anilines is 1. The molecule has 102 valence electrons. The molecular formula is C10H10NO6PS. The number of nitrogen functional groups attached to an aromatic ring is 1. The Kier molecular flexibility index (Phi) is 3.16. The summed E-state index contributed by atoms with van der Waals surface area (Å²) in [5, 5.41) is -0.0326. The van der Waals surface area contributed by atoms with Crippen molar-refractivity contribution in [3.05, 3.63) is 30.3 Å². The van der Waals surface area contributed by atoms with E-state index in [9.17, 15) is 13.0 Å². The Morgan fingerprint density at radius 1 is 1.16 bits per heavy atom. The summed E-state index contributed by atoms with van der Waals surface area (Å²) in [6.45, 7) is 0. The van der Waals surface area contributed by atoms with Gasteiger partial charge in [-0.2, -0.15) is 8.42 Å². The number of hydrogen-bond acceptors (Lipinski definition) is 4. The fraction of sp³-hybridized carbons (Fsp3) is 0. The largest absolute Gasteiger partial charge is 0.398 e. The zero-order valence-electron chi connectivity index (χ0n) is 9.39. The second-order valence-electron chi connectivity index (χ2n) is 3.91. The molecule has 0 saturated carbocycles. The van der Waals surface area contributed by atoms with Crippen LogP contribution in [-0.2, 0) is 14.7 Å². The van der Waals surface area contributed by atoms with Crippen LogP contribution < -0.4 is 11.0 Å². The molecule has 0 unspecified atom stereocenters. The van der Waals surface area contributed by atoms with Crippen molar-refractivity contribution >= 4 is 39.5 Å². The summed E-state index contributed by atoms with van der Waals surface area (Å²) in [7, 11) is -9.00. The average molecular weight is 303 g/mol. The highest BCUT2D eigenvalue weighted by atomic mass is 32.2. The summed E-state index contributed by atoms with van der Waals surface area (Å²) in [4.78, 5) is 17.9. The summed E-state index contributed by atoms with van der Waals surface area (Å²) >= 11 is 0. The second-order valence-corrected chi connectivity index (χ2v) is 6.87. The lowest BCUT2D eigenvalue weighted by Crippen LogP contribution is -2.11. The third kappa shape index (κ3) is 2.63. The zero-order valence-corrected chi connectivity index (χ0v) is 11.1. The van der Waals surface area contributed by atoms with E-state index in [1.807, 2.05) is 0 Å². The van der Waals surface area contributed by atoms with Gasteiger partial charge in [0.2, 0.25) is 0 Å². The quantitative estimate of drug-likeness (QED) is 0.359. The van der Waals surface area contributed by atoms with Gasteiger partial charge in [0.15, 0.2) is 0 Å². The first-order valence-electron chi connectivity index (χ1n) is 4.96. The van der Waals surface area contributed by atoms with Crippen molar-refractivity contribution in [3.8, 4) is 0 Å². The van der Waals surface area contributed by atoms with Crippen LogP contribution in [0.1, 0.15) is 0 Å². The van der Waals surface area contributed by atoms with Crippen molar-refractivity contribution in [2.45, 2.75) is 4.90 Å². The Labute approximate surface area is 108 Å². The van der Waals surface area contributed by atoms with Crippen LogP contribution in [-0.4, -0.2) is 22.8 Å². The van der Waals surface area contributed by atoms with Crippen LogP contribution in [0.2, 0.25) is 0 Å². The maximum atomic E-state index is 11.2. The fourth-order valence-electron chi connectivity index (χ4n) is 1.78. The van der Waals surface area contributed by atoms with Gasteiger partial charge in [-0.3, -0.25) is 9.12 Å². The molecule has 0 aromatic heterocycles. The zero-order chi connectivity index (χ0) is 14.4. The molecule has 19 heavy (non-hydrogen) atoms. The molecule has 0 saturated heterocycles. The monoisotopic (exact) mass is 303 g/mol. The molecular weight excluding hydrogens is 293 g/mol. The summed E-state index contributed by atoms with van der Waals surface area (Å²) in [5.74, 6) is 0. The number of fused-ring (bicyclic) bond motifs is 1. The molecule has 9 heteroatoms. The van der Waals surface area contributed by atoms with E-state index in [0.29, 0.717) is 0 Å². The maximum absolute atomic E-state index is 11.2. The third-order valence-electron chi connectivity index (χ3n) is 2.58. The first-order valence-corrected chi connectivity index (χ1v) is 8.02. The van der Waals surface area contributed by atoms with Crippen LogP contribution in [0, 0.1) is 0 Å². The van der Waals surface area contributed by atoms with Gasteiger partial charge in [-0.05, 0) is 23.6 Å². The molecule has 2 aromatic carbocycles. The predicted octanol–water partition coefficient (Wildman–Crippen LogP) is 0.472. The number of rotatable bonds is 2. The normalized spacial score (nSPS) is 12.8. The minimum Gasteiger partial charge on any atom is -0.398 e. The minimum atomic E-state index is -4.55. The molecule has 0 aliphatic heterocycles. The molecule has 0 amide bonds. The fourth-order valence-corrected chi connectivity index (χ4v) is 3.19. The van der Waals surface area contributed by atoms with Crippen LogP contribution >= 0.6 is 7.60 Å². The van der Waals surface area contributed by atoms with Gasteiger partial charge >= 0.3 is 7.60 Å². The van der Waals surface area contributed by atoms with Gasteiger partial charge in [-0.15, -0.1) is 0 Å². The smallest absolute Gasteiger partial charge is 0.358 e. The van der Waals surface area contributed by atoms with E-state index in [-0.39, 0.29) is 26.7 Å². The van der Waals surface area contributed by atoms with Gasteiger partial charge in [0.1, 0.15) is 4.90 Å². The Balaban J connectivity index is 2.90. The molecule has 5 N–H and O–H groups in total. The Morgan fingerprint density at radius 3 is 2.32 bits per heavy atom. The molecule has 2 aromatic rings. The molecule has 0 radical (unpaired) electrons. The molecule has 0 atom stereocenters. The summed E-state index contributed by atoms with van der Waals surface area (Å²) < 4.78 is 42.7. The first-order chi connectivity index (χ1) is 8.60. The van der Waals surface area contributed by atoms with Crippen LogP contribution in [0.4, 0.5) is 5.69 Å². The van der Waals surface area contributed by atoms with Gasteiger partial charge in [-0.1, -0.05) is 12.1 Å². The number of hydrogen-bond donors (Lipinski definition) is 4. The lowest BCUT2D eigenvalue weighted by Gasteiger charge is -2.11. The van der Waals surface area contributed by atoms with Crippen molar-refractivity contribution in [1.82, 2.24) is 0 Å². The Bertz CT molecular complexity index is 810. The van der Waals surface area contributed by atoms with Crippen molar-refractivity contribution in [2.75, 3.05) is 5.73 Å². The molecule has 0 spiro atoms. The molecule has 2 rings (SSSR count). The van der Waals surface area contributed by atoms with Gasteiger partial charge in [-0.25, -0.2) is 0 Å². The summed E-state index contributed by atoms with van der Waals surface area (Å²) in [6, 6.07) is 6.22. The molecule has 0 heterocycles. The maximum Gasteiger partial charge on any atom is 0.358 e. The van der Waals surface area contributed by atoms with Crippen molar-refractivity contribution in [3.63, 3.8) is 0 Å². The number of benzene rings is 2. The second kappa shape index (κ2) is 4.29. The van der Waals surface area contributed by atoms with E-state index in [2.05, 4.69) is 0 Å². The third-order valence-corrected chi connectivity index (χ3v) is 4.51. The Hall–Kier alpha value is -1.44. The van der Waals surface area contributed by atoms with Gasteiger partial charge in [0, 0.05) is 11.1 Å². The van der Waals surface area contributed by atoms with Crippen molar-refractivity contribution in [1.29, 1.82) is 0 Å². The average Bonchev–Trinajstić information content (AvgIpc) is 2.24. The van der Waals surface area contributed by atoms with Gasteiger partial charge in [0.05, 0.1) is 5.30 Å². The first kappa shape index (κ1) is 14.0. The van der Waals surface area contributed by atoms with Crippen LogP contribution in [0.3, 0.4) is 0 Å². The van der Waals surface area contributed by atoms with E-state index in [4.69, 9.17) is 20.1 Å². The van der Waals surface area contributed by atoms with E-state index in [0.717, 1.165) is 12.1 Å². The lowest BCUT2D eigenvalue weighted by atomic mass is 10.1. The highest BCUT2D eigenvalue weighted by molar-refractivity contribution is 7.86. The van der Waals surface area contributed by atoms with Gasteiger partial charge in [0.25, 0.3) is 10.1 Å². The number of nitrogens with two attached hydrogens (primary N) is 1.